The van der Waals surface area contributed by atoms with Gasteiger partial charge < -0.3 is 10.5 Å². The third-order valence-electron chi connectivity index (χ3n) is 2.89. The third kappa shape index (κ3) is 3.77. The number of ether oxygens (including phenoxy) is 1. The monoisotopic (exact) mass is 291 g/mol. The highest BCUT2D eigenvalue weighted by Crippen LogP contribution is 2.22. The summed E-state index contributed by atoms with van der Waals surface area (Å²) in [6, 6.07) is 3.92. The maximum Gasteiger partial charge on any atom is 0.141 e. The number of hydrogen-bond donors (Lipinski definition) is 1. The number of aromatic nitrogens is 2. The van der Waals surface area contributed by atoms with Crippen molar-refractivity contribution in [3.05, 3.63) is 39.6 Å². The molecular formula is C15H21N3OS. The Morgan fingerprint density at radius 3 is 2.75 bits per heavy atom. The van der Waals surface area contributed by atoms with Gasteiger partial charge in [0, 0.05) is 23.4 Å². The maximum atomic E-state index is 5.85. The molecule has 2 rings (SSSR count). The van der Waals surface area contributed by atoms with Gasteiger partial charge in [-0.1, -0.05) is 13.8 Å². The molecule has 0 unspecified atom stereocenters. The van der Waals surface area contributed by atoms with Crippen LogP contribution in [0.25, 0.3) is 0 Å². The largest absolute Gasteiger partial charge is 0.485 e. The van der Waals surface area contributed by atoms with Crippen LogP contribution in [0.2, 0.25) is 0 Å². The van der Waals surface area contributed by atoms with Crippen molar-refractivity contribution in [3.63, 3.8) is 0 Å². The van der Waals surface area contributed by atoms with Crippen molar-refractivity contribution in [1.29, 1.82) is 0 Å². The standard InChI is InChI=1S/C15H21N3OS/c1-10(2)15-18-12(9-20-15)8-19-14-5-4-11(3)17-13(14)6-7-16/h4-5,9-10H,6-8,16H2,1-3H3. The van der Waals surface area contributed by atoms with Crippen LogP contribution in [-0.2, 0) is 13.0 Å². The van der Waals surface area contributed by atoms with E-state index in [4.69, 9.17) is 10.5 Å². The van der Waals surface area contributed by atoms with Gasteiger partial charge in [-0.2, -0.15) is 0 Å². The molecule has 20 heavy (non-hydrogen) atoms. The highest BCUT2D eigenvalue weighted by molar-refractivity contribution is 7.09. The van der Waals surface area contributed by atoms with Crippen molar-refractivity contribution in [2.45, 2.75) is 39.7 Å². The summed E-state index contributed by atoms with van der Waals surface area (Å²) in [6.45, 7) is 7.31. The van der Waals surface area contributed by atoms with Crippen LogP contribution in [0.5, 0.6) is 5.75 Å². The number of rotatable bonds is 6. The van der Waals surface area contributed by atoms with Crippen molar-refractivity contribution in [1.82, 2.24) is 9.97 Å². The summed E-state index contributed by atoms with van der Waals surface area (Å²) < 4.78 is 5.85. The molecule has 5 heteroatoms. The quantitative estimate of drug-likeness (QED) is 0.888. The van der Waals surface area contributed by atoms with Crippen LogP contribution in [0, 0.1) is 6.92 Å². The lowest BCUT2D eigenvalue weighted by atomic mass is 10.2. The number of nitrogens with zero attached hydrogens (tertiary/aromatic N) is 2. The lowest BCUT2D eigenvalue weighted by molar-refractivity contribution is 0.297. The van der Waals surface area contributed by atoms with E-state index in [2.05, 4.69) is 29.2 Å². The Balaban J connectivity index is 2.06. The highest BCUT2D eigenvalue weighted by atomic mass is 32.1. The van der Waals surface area contributed by atoms with E-state index < -0.39 is 0 Å². The molecule has 0 saturated heterocycles. The van der Waals surface area contributed by atoms with E-state index in [1.807, 2.05) is 19.1 Å². The molecular weight excluding hydrogens is 270 g/mol. The third-order valence-corrected chi connectivity index (χ3v) is 4.09. The molecule has 0 saturated carbocycles. The first kappa shape index (κ1) is 14.9. The molecule has 2 heterocycles. The predicted molar refractivity (Wildman–Crippen MR) is 82.3 cm³/mol. The SMILES string of the molecule is Cc1ccc(OCc2csc(C(C)C)n2)c(CCN)n1. The molecule has 0 fully saturated rings. The summed E-state index contributed by atoms with van der Waals surface area (Å²) in [4.78, 5) is 9.05. The molecule has 0 spiro atoms. The molecule has 2 aromatic rings. The molecule has 0 radical (unpaired) electrons. The van der Waals surface area contributed by atoms with Crippen LogP contribution in [0.4, 0.5) is 0 Å². The first-order chi connectivity index (χ1) is 9.60. The fourth-order valence-electron chi connectivity index (χ4n) is 1.85. The van der Waals surface area contributed by atoms with Gasteiger partial charge in [0.05, 0.1) is 16.4 Å². The Morgan fingerprint density at radius 2 is 2.10 bits per heavy atom. The van der Waals surface area contributed by atoms with Crippen LogP contribution in [0.3, 0.4) is 0 Å². The van der Waals surface area contributed by atoms with E-state index in [0.717, 1.165) is 34.3 Å². The van der Waals surface area contributed by atoms with Crippen molar-refractivity contribution in [2.75, 3.05) is 6.54 Å². The zero-order valence-corrected chi connectivity index (χ0v) is 13.0. The topological polar surface area (TPSA) is 61.0 Å². The zero-order chi connectivity index (χ0) is 14.5. The highest BCUT2D eigenvalue weighted by Gasteiger charge is 2.09. The number of thiazole rings is 1. The average Bonchev–Trinajstić information content (AvgIpc) is 2.87. The Labute approximate surface area is 124 Å². The van der Waals surface area contributed by atoms with E-state index in [1.54, 1.807) is 11.3 Å². The number of pyridine rings is 1. The molecule has 0 amide bonds. The summed E-state index contributed by atoms with van der Waals surface area (Å²) >= 11 is 1.68. The normalized spacial score (nSPS) is 11.1. The molecule has 0 atom stereocenters. The number of hydrogen-bond acceptors (Lipinski definition) is 5. The smallest absolute Gasteiger partial charge is 0.141 e. The second-order valence-corrected chi connectivity index (χ2v) is 5.95. The van der Waals surface area contributed by atoms with Gasteiger partial charge in [-0.25, -0.2) is 4.98 Å². The summed E-state index contributed by atoms with van der Waals surface area (Å²) in [7, 11) is 0. The average molecular weight is 291 g/mol. The lowest BCUT2D eigenvalue weighted by Gasteiger charge is -2.10. The van der Waals surface area contributed by atoms with E-state index in [9.17, 15) is 0 Å². The van der Waals surface area contributed by atoms with Crippen molar-refractivity contribution in [3.8, 4) is 5.75 Å². The van der Waals surface area contributed by atoms with E-state index in [0.29, 0.717) is 19.1 Å². The Bertz CT molecular complexity index is 566. The molecule has 0 aromatic carbocycles. The van der Waals surface area contributed by atoms with Gasteiger partial charge >= 0.3 is 0 Å². The van der Waals surface area contributed by atoms with Crippen molar-refractivity contribution in [2.24, 2.45) is 5.73 Å². The summed E-state index contributed by atoms with van der Waals surface area (Å²) in [6.07, 6.45) is 0.728. The van der Waals surface area contributed by atoms with Gasteiger partial charge in [0.15, 0.2) is 0 Å². The van der Waals surface area contributed by atoms with Gasteiger partial charge in [0.2, 0.25) is 0 Å². The molecule has 0 bridgehead atoms. The van der Waals surface area contributed by atoms with Gasteiger partial charge in [-0.15, -0.1) is 11.3 Å². The Kier molecular flexibility index (Phi) is 5.09. The van der Waals surface area contributed by atoms with Crippen LogP contribution in [0.15, 0.2) is 17.5 Å². The molecule has 2 aromatic heterocycles. The Morgan fingerprint density at radius 1 is 1.30 bits per heavy atom. The van der Waals surface area contributed by atoms with Gasteiger partial charge in [-0.3, -0.25) is 4.98 Å². The summed E-state index contributed by atoms with van der Waals surface area (Å²) in [5.41, 5.74) is 8.49. The van der Waals surface area contributed by atoms with Gasteiger partial charge in [0.25, 0.3) is 0 Å². The maximum absolute atomic E-state index is 5.85. The van der Waals surface area contributed by atoms with Gasteiger partial charge in [0.1, 0.15) is 12.4 Å². The second-order valence-electron chi connectivity index (χ2n) is 5.06. The molecule has 0 aliphatic carbocycles. The first-order valence-corrected chi connectivity index (χ1v) is 7.71. The Hall–Kier alpha value is -1.46. The van der Waals surface area contributed by atoms with Crippen LogP contribution in [-0.4, -0.2) is 16.5 Å². The van der Waals surface area contributed by atoms with Gasteiger partial charge in [-0.05, 0) is 25.6 Å². The first-order valence-electron chi connectivity index (χ1n) is 6.84. The minimum Gasteiger partial charge on any atom is -0.485 e. The molecule has 4 nitrogen and oxygen atoms in total. The molecule has 0 aliphatic rings. The van der Waals surface area contributed by atoms with E-state index >= 15 is 0 Å². The van der Waals surface area contributed by atoms with Crippen LogP contribution >= 0.6 is 11.3 Å². The summed E-state index contributed by atoms with van der Waals surface area (Å²) in [5.74, 6) is 1.27. The van der Waals surface area contributed by atoms with Crippen molar-refractivity contribution >= 4 is 11.3 Å². The fourth-order valence-corrected chi connectivity index (χ4v) is 2.67. The van der Waals surface area contributed by atoms with E-state index in [-0.39, 0.29) is 0 Å². The molecule has 0 aliphatic heterocycles. The molecule has 108 valence electrons. The van der Waals surface area contributed by atoms with E-state index in [1.165, 1.54) is 0 Å². The van der Waals surface area contributed by atoms with Crippen LogP contribution < -0.4 is 10.5 Å². The minimum atomic E-state index is 0.461. The fraction of sp³-hybridized carbons (Fsp3) is 0.467. The summed E-state index contributed by atoms with van der Waals surface area (Å²) in [5, 5.41) is 3.20. The number of nitrogens with two attached hydrogens (primary N) is 1. The van der Waals surface area contributed by atoms with Crippen molar-refractivity contribution < 1.29 is 4.74 Å². The zero-order valence-electron chi connectivity index (χ0n) is 12.2. The lowest BCUT2D eigenvalue weighted by Crippen LogP contribution is -2.08. The minimum absolute atomic E-state index is 0.461. The molecule has 2 N–H and O–H groups in total. The predicted octanol–water partition coefficient (Wildman–Crippen LogP) is 3.05. The second kappa shape index (κ2) is 6.81. The number of aryl methyl sites for hydroxylation is 1. The van der Waals surface area contributed by atoms with Crippen LogP contribution in [0.1, 0.15) is 41.9 Å².